The molecule has 5 heteroatoms. The van der Waals surface area contributed by atoms with Gasteiger partial charge in [0.25, 0.3) is 0 Å². The number of primary amides is 1. The molecule has 0 aliphatic carbocycles. The molecule has 0 heterocycles. The number of carbonyl (C=O) groups excluding carboxylic acids is 1. The lowest BCUT2D eigenvalue weighted by Crippen LogP contribution is -2.10. The highest BCUT2D eigenvalue weighted by Gasteiger charge is 1.99. The average Bonchev–Trinajstić information content (AvgIpc) is 2.27. The maximum Gasteiger partial charge on any atom is 0.217 e. The maximum atomic E-state index is 10.5. The van der Waals surface area contributed by atoms with Gasteiger partial charge in [0.05, 0.1) is 11.6 Å². The lowest BCUT2D eigenvalue weighted by molar-refractivity contribution is -0.118. The molecule has 1 amide bonds. The van der Waals surface area contributed by atoms with Crippen LogP contribution in [-0.4, -0.2) is 12.5 Å². The predicted octanol–water partition coefficient (Wildman–Crippen LogP) is 2.39. The van der Waals surface area contributed by atoms with E-state index in [0.717, 1.165) is 29.5 Å². The van der Waals surface area contributed by atoms with Crippen molar-refractivity contribution in [2.24, 2.45) is 5.73 Å². The summed E-state index contributed by atoms with van der Waals surface area (Å²) in [6, 6.07) is 7.56. The number of nitriles is 1. The quantitative estimate of drug-likeness (QED) is 0.791. The first-order chi connectivity index (χ1) is 8.11. The number of anilines is 1. The van der Waals surface area contributed by atoms with Gasteiger partial charge in [0.1, 0.15) is 0 Å². The van der Waals surface area contributed by atoms with Gasteiger partial charge in [-0.15, -0.1) is 0 Å². The third-order valence-electron chi connectivity index (χ3n) is 2.21. The third-order valence-corrected chi connectivity index (χ3v) is 2.66. The van der Waals surface area contributed by atoms with Crippen LogP contribution in [0.2, 0.25) is 0 Å². The normalized spacial score (nSPS) is 9.65. The summed E-state index contributed by atoms with van der Waals surface area (Å²) in [6.45, 7) is 0.759. The molecule has 90 valence electrons. The molecule has 0 unspecified atom stereocenters. The zero-order chi connectivity index (χ0) is 12.7. The number of nitrogens with two attached hydrogens (primary N) is 1. The van der Waals surface area contributed by atoms with Crippen LogP contribution in [0.4, 0.5) is 5.69 Å². The maximum absolute atomic E-state index is 10.5. The van der Waals surface area contributed by atoms with Crippen molar-refractivity contribution in [3.8, 4) is 6.07 Å². The first kappa shape index (κ1) is 13.5. The lowest BCUT2D eigenvalue weighted by Gasteiger charge is -2.06. The number of carbonyl (C=O) groups is 1. The van der Waals surface area contributed by atoms with Crippen LogP contribution in [0.3, 0.4) is 0 Å². The number of rotatable bonds is 6. The number of hydrogen-bond donors (Lipinski definition) is 2. The summed E-state index contributed by atoms with van der Waals surface area (Å²) in [5.74, 6) is -0.265. The highest BCUT2D eigenvalue weighted by Crippen LogP contribution is 2.19. The Hall–Kier alpha value is -1.54. The van der Waals surface area contributed by atoms with E-state index in [2.05, 4.69) is 27.3 Å². The minimum absolute atomic E-state index is 0.265. The number of hydrogen-bond acceptors (Lipinski definition) is 3. The van der Waals surface area contributed by atoms with Crippen LogP contribution in [0.5, 0.6) is 0 Å². The fraction of sp³-hybridized carbons (Fsp3) is 0.333. The molecule has 1 aromatic rings. The van der Waals surface area contributed by atoms with Gasteiger partial charge in [-0.25, -0.2) is 0 Å². The van der Waals surface area contributed by atoms with Crippen LogP contribution in [0.15, 0.2) is 22.7 Å². The highest BCUT2D eigenvalue weighted by molar-refractivity contribution is 9.10. The number of halogens is 1. The minimum Gasteiger partial charge on any atom is -0.385 e. The van der Waals surface area contributed by atoms with Crippen LogP contribution in [0, 0.1) is 11.3 Å². The second-order valence-electron chi connectivity index (χ2n) is 3.69. The highest BCUT2D eigenvalue weighted by atomic mass is 79.9. The molecule has 0 aliphatic heterocycles. The fourth-order valence-corrected chi connectivity index (χ4v) is 1.91. The summed E-state index contributed by atoms with van der Waals surface area (Å²) < 4.78 is 0.871. The first-order valence-corrected chi connectivity index (χ1v) is 6.14. The summed E-state index contributed by atoms with van der Waals surface area (Å²) in [7, 11) is 0. The molecule has 0 aromatic heterocycles. The van der Waals surface area contributed by atoms with Crippen molar-refractivity contribution >= 4 is 27.5 Å². The lowest BCUT2D eigenvalue weighted by atomic mass is 10.2. The van der Waals surface area contributed by atoms with Gasteiger partial charge >= 0.3 is 0 Å². The molecule has 1 rings (SSSR count). The van der Waals surface area contributed by atoms with E-state index < -0.39 is 0 Å². The molecule has 3 N–H and O–H groups in total. The number of nitrogens with zero attached hydrogens (tertiary/aromatic N) is 1. The second kappa shape index (κ2) is 6.92. The van der Waals surface area contributed by atoms with E-state index in [1.165, 1.54) is 0 Å². The van der Waals surface area contributed by atoms with E-state index in [1.807, 2.05) is 6.07 Å². The fourth-order valence-electron chi connectivity index (χ4n) is 1.41. The van der Waals surface area contributed by atoms with Gasteiger partial charge < -0.3 is 11.1 Å². The Balaban J connectivity index is 2.39. The van der Waals surface area contributed by atoms with Crippen LogP contribution >= 0.6 is 15.9 Å². The van der Waals surface area contributed by atoms with Crippen LogP contribution < -0.4 is 11.1 Å². The molecule has 0 fully saturated rings. The smallest absolute Gasteiger partial charge is 0.217 e. The van der Waals surface area contributed by atoms with Gasteiger partial charge in [-0.1, -0.05) is 15.9 Å². The molecule has 0 spiro atoms. The molecular formula is C12H14BrN3O. The summed E-state index contributed by atoms with van der Waals surface area (Å²) in [4.78, 5) is 10.5. The van der Waals surface area contributed by atoms with Gasteiger partial charge in [-0.3, -0.25) is 4.79 Å². The van der Waals surface area contributed by atoms with E-state index in [0.29, 0.717) is 12.0 Å². The van der Waals surface area contributed by atoms with E-state index in [9.17, 15) is 4.79 Å². The molecule has 0 saturated carbocycles. The molecule has 0 aliphatic rings. The zero-order valence-corrected chi connectivity index (χ0v) is 11.0. The summed E-state index contributed by atoms with van der Waals surface area (Å²) in [5.41, 5.74) is 6.55. The Labute approximate surface area is 109 Å². The molecule has 4 nitrogen and oxygen atoms in total. The molecule has 0 saturated heterocycles. The van der Waals surface area contributed by atoms with Crippen LogP contribution in [0.1, 0.15) is 24.8 Å². The number of nitrogens with one attached hydrogen (secondary N) is 1. The van der Waals surface area contributed by atoms with E-state index in [4.69, 9.17) is 11.0 Å². The number of unbranched alkanes of at least 4 members (excludes halogenated alkanes) is 1. The molecule has 0 atom stereocenters. The van der Waals surface area contributed by atoms with Crippen molar-refractivity contribution in [1.82, 2.24) is 0 Å². The monoisotopic (exact) mass is 295 g/mol. The van der Waals surface area contributed by atoms with Gasteiger partial charge in [0.2, 0.25) is 5.91 Å². The zero-order valence-electron chi connectivity index (χ0n) is 9.37. The van der Waals surface area contributed by atoms with E-state index in [-0.39, 0.29) is 5.91 Å². The molecule has 0 radical (unpaired) electrons. The number of amides is 1. The SMILES string of the molecule is N#Cc1cc(Br)cc(NCCCCC(N)=O)c1. The molecule has 1 aromatic carbocycles. The average molecular weight is 296 g/mol. The standard InChI is InChI=1S/C12H14BrN3O/c13-10-5-9(8-14)6-11(7-10)16-4-2-1-3-12(15)17/h5-7,16H,1-4H2,(H2,15,17). The predicted molar refractivity (Wildman–Crippen MR) is 70.4 cm³/mol. The number of benzene rings is 1. The van der Waals surface area contributed by atoms with Crippen molar-refractivity contribution < 1.29 is 4.79 Å². The van der Waals surface area contributed by atoms with Crippen LogP contribution in [-0.2, 0) is 4.79 Å². The topological polar surface area (TPSA) is 78.9 Å². The summed E-state index contributed by atoms with van der Waals surface area (Å²) in [6.07, 6.45) is 2.07. The Morgan fingerprint density at radius 2 is 2.18 bits per heavy atom. The van der Waals surface area contributed by atoms with Gasteiger partial charge in [-0.2, -0.15) is 5.26 Å². The van der Waals surface area contributed by atoms with E-state index in [1.54, 1.807) is 12.1 Å². The van der Waals surface area contributed by atoms with Crippen molar-refractivity contribution in [3.05, 3.63) is 28.2 Å². The first-order valence-electron chi connectivity index (χ1n) is 5.34. The van der Waals surface area contributed by atoms with E-state index >= 15 is 0 Å². The summed E-state index contributed by atoms with van der Waals surface area (Å²) in [5, 5.41) is 12.0. The van der Waals surface area contributed by atoms with Gasteiger partial charge in [0, 0.05) is 23.1 Å². The molecular weight excluding hydrogens is 282 g/mol. The largest absolute Gasteiger partial charge is 0.385 e. The van der Waals surface area contributed by atoms with Crippen molar-refractivity contribution in [3.63, 3.8) is 0 Å². The second-order valence-corrected chi connectivity index (χ2v) is 4.61. The molecule has 0 bridgehead atoms. The van der Waals surface area contributed by atoms with Gasteiger partial charge in [-0.05, 0) is 31.0 Å². The van der Waals surface area contributed by atoms with Crippen LogP contribution in [0.25, 0.3) is 0 Å². The Bertz CT molecular complexity index is 440. The van der Waals surface area contributed by atoms with Crippen molar-refractivity contribution in [2.45, 2.75) is 19.3 Å². The van der Waals surface area contributed by atoms with Crippen molar-refractivity contribution in [1.29, 1.82) is 5.26 Å². The summed E-state index contributed by atoms with van der Waals surface area (Å²) >= 11 is 3.34. The third kappa shape index (κ3) is 5.36. The Morgan fingerprint density at radius 1 is 1.41 bits per heavy atom. The van der Waals surface area contributed by atoms with Gasteiger partial charge in [0.15, 0.2) is 0 Å². The Kier molecular flexibility index (Phi) is 5.50. The van der Waals surface area contributed by atoms with Crippen molar-refractivity contribution in [2.75, 3.05) is 11.9 Å². The minimum atomic E-state index is -0.265. The Morgan fingerprint density at radius 3 is 2.82 bits per heavy atom. The molecule has 17 heavy (non-hydrogen) atoms.